The first-order valence-electron chi connectivity index (χ1n) is 13.8. The molecule has 1 spiro atoms. The van der Waals surface area contributed by atoms with E-state index < -0.39 is 33.4 Å². The molecule has 0 aliphatic carbocycles. The van der Waals surface area contributed by atoms with Gasteiger partial charge in [-0.3, -0.25) is 14.4 Å². The first-order chi connectivity index (χ1) is 18.1. The molecule has 1 unspecified atom stereocenters. The van der Waals surface area contributed by atoms with Gasteiger partial charge in [-0.15, -0.1) is 11.8 Å². The quantitative estimate of drug-likeness (QED) is 0.562. The second kappa shape index (κ2) is 9.87. The fraction of sp³-hybridized carbons (Fsp3) is 0.567. The number of likely N-dealkylation sites (tertiary alicyclic amines) is 1. The van der Waals surface area contributed by atoms with Crippen molar-refractivity contribution in [1.29, 1.82) is 0 Å². The van der Waals surface area contributed by atoms with Crippen molar-refractivity contribution in [2.24, 2.45) is 17.8 Å². The van der Waals surface area contributed by atoms with Crippen LogP contribution in [0.15, 0.2) is 54.6 Å². The fourth-order valence-electron chi connectivity index (χ4n) is 6.95. The van der Waals surface area contributed by atoms with Crippen molar-refractivity contribution < 1.29 is 19.5 Å². The smallest absolute Gasteiger partial charge is 0.247 e. The molecule has 1 N–H and O–H groups in total. The van der Waals surface area contributed by atoms with E-state index in [2.05, 4.69) is 6.08 Å². The Morgan fingerprint density at radius 3 is 2.29 bits per heavy atom. The van der Waals surface area contributed by atoms with Crippen molar-refractivity contribution in [3.05, 3.63) is 54.6 Å². The summed E-state index contributed by atoms with van der Waals surface area (Å²) in [6.07, 6.45) is 8.90. The van der Waals surface area contributed by atoms with Crippen LogP contribution in [0.25, 0.3) is 0 Å². The van der Waals surface area contributed by atoms with Gasteiger partial charge in [-0.05, 0) is 38.8 Å². The number of carbonyl (C=O) groups is 3. The first kappa shape index (κ1) is 27.0. The Hall–Kier alpha value is -2.58. The summed E-state index contributed by atoms with van der Waals surface area (Å²) >= 11 is 1.59. The van der Waals surface area contributed by atoms with Gasteiger partial charge in [0.2, 0.25) is 17.7 Å². The van der Waals surface area contributed by atoms with E-state index in [1.165, 1.54) is 0 Å². The van der Waals surface area contributed by atoms with E-state index in [9.17, 15) is 19.5 Å². The van der Waals surface area contributed by atoms with Crippen LogP contribution in [0.3, 0.4) is 0 Å². The van der Waals surface area contributed by atoms with Crippen LogP contribution in [0.1, 0.15) is 41.0 Å². The molecule has 204 valence electrons. The van der Waals surface area contributed by atoms with Gasteiger partial charge in [-0.25, -0.2) is 0 Å². The van der Waals surface area contributed by atoms with Gasteiger partial charge in [0.05, 0.1) is 29.2 Å². The molecule has 0 radical (unpaired) electrons. The Kier molecular flexibility index (Phi) is 7.01. The molecule has 0 aromatic heterocycles. The monoisotopic (exact) mass is 537 g/mol. The van der Waals surface area contributed by atoms with Crippen molar-refractivity contribution >= 4 is 35.2 Å². The third kappa shape index (κ3) is 3.86. The molecule has 1 aromatic rings. The summed E-state index contributed by atoms with van der Waals surface area (Å²) in [6, 6.07) is 8.23. The second-order valence-corrected chi connectivity index (χ2v) is 13.3. The summed E-state index contributed by atoms with van der Waals surface area (Å²) in [7, 11) is 0. The van der Waals surface area contributed by atoms with Crippen LogP contribution < -0.4 is 4.90 Å². The molecule has 0 saturated carbocycles. The van der Waals surface area contributed by atoms with Crippen LogP contribution in [0.4, 0.5) is 5.69 Å². The minimum atomic E-state index is -0.905. The maximum atomic E-state index is 14.6. The molecule has 4 aliphatic heterocycles. The summed E-state index contributed by atoms with van der Waals surface area (Å²) in [5, 5.41) is 10.5. The van der Waals surface area contributed by atoms with Gasteiger partial charge in [0, 0.05) is 29.6 Å². The standard InChI is InChI=1S/C30H39N3O4S/c1-6-20(4)22(18-34)33-25-28(37)31(19(2)3)16-11-15-30(25)24(27(33)36)23-26(35)32(21-12-8-7-9-13-21)17-10-14-29(23,5)38-30/h7-15,19-20,22-25,34H,6,16-18H2,1-5H3/t20-,22-,23-,24-,25?,29+,30-/m0/s1. The van der Waals surface area contributed by atoms with Crippen LogP contribution in [0.5, 0.6) is 0 Å². The maximum absolute atomic E-state index is 14.6. The van der Waals surface area contributed by atoms with E-state index in [4.69, 9.17) is 0 Å². The number of nitrogens with zero attached hydrogens (tertiary/aromatic N) is 3. The lowest BCUT2D eigenvalue weighted by atomic mass is 9.74. The molecule has 4 heterocycles. The summed E-state index contributed by atoms with van der Waals surface area (Å²) in [5.41, 5.74) is 0.794. The van der Waals surface area contributed by atoms with Gasteiger partial charge in [0.1, 0.15) is 6.04 Å². The highest BCUT2D eigenvalue weighted by Gasteiger charge is 2.74. The average molecular weight is 538 g/mol. The SMILES string of the molecule is CC[C@H](C)[C@H](CO)N1C(=O)[C@@H]2[C@H]3C(=O)N(c4ccccc4)CC=C[C@@]3(C)S[C@@]23C=CCN(C(C)C)C(=O)C13. The van der Waals surface area contributed by atoms with Crippen molar-refractivity contribution in [3.63, 3.8) is 0 Å². The van der Waals surface area contributed by atoms with E-state index >= 15 is 0 Å². The zero-order valence-corrected chi connectivity index (χ0v) is 23.7. The Labute approximate surface area is 229 Å². The number of hydrogen-bond acceptors (Lipinski definition) is 5. The number of amides is 3. The van der Waals surface area contributed by atoms with Crippen molar-refractivity contribution in [2.75, 3.05) is 24.6 Å². The molecule has 4 aliphatic rings. The lowest BCUT2D eigenvalue weighted by Gasteiger charge is -2.42. The van der Waals surface area contributed by atoms with Crippen LogP contribution >= 0.6 is 11.8 Å². The molecular weight excluding hydrogens is 498 g/mol. The van der Waals surface area contributed by atoms with Crippen LogP contribution in [0.2, 0.25) is 0 Å². The molecular formula is C30H39N3O4S. The van der Waals surface area contributed by atoms with E-state index in [0.29, 0.717) is 13.1 Å². The molecule has 0 bridgehead atoms. The van der Waals surface area contributed by atoms with Crippen LogP contribution in [-0.2, 0) is 14.4 Å². The molecule has 8 heteroatoms. The zero-order chi connectivity index (χ0) is 27.4. The third-order valence-corrected chi connectivity index (χ3v) is 10.9. The summed E-state index contributed by atoms with van der Waals surface area (Å²) in [5.74, 6) is -1.77. The lowest BCUT2D eigenvalue weighted by Crippen LogP contribution is -2.58. The Morgan fingerprint density at radius 1 is 0.974 bits per heavy atom. The third-order valence-electron chi connectivity index (χ3n) is 9.06. The highest BCUT2D eigenvalue weighted by atomic mass is 32.2. The summed E-state index contributed by atoms with van der Waals surface area (Å²) in [4.78, 5) is 48.6. The molecule has 5 rings (SSSR count). The largest absolute Gasteiger partial charge is 0.394 e. The van der Waals surface area contributed by atoms with E-state index in [0.717, 1.165) is 12.1 Å². The first-order valence-corrected chi connectivity index (χ1v) is 14.6. The highest BCUT2D eigenvalue weighted by Crippen LogP contribution is 2.66. The normalized spacial score (nSPS) is 34.2. The van der Waals surface area contributed by atoms with E-state index in [1.807, 2.05) is 88.1 Å². The lowest BCUT2D eigenvalue weighted by molar-refractivity contribution is -0.147. The average Bonchev–Trinajstić information content (AvgIpc) is 3.16. The number of rotatable bonds is 6. The zero-order valence-electron chi connectivity index (χ0n) is 22.9. The van der Waals surface area contributed by atoms with Crippen molar-refractivity contribution in [3.8, 4) is 0 Å². The predicted octanol–water partition coefficient (Wildman–Crippen LogP) is 3.49. The minimum Gasteiger partial charge on any atom is -0.394 e. The second-order valence-electron chi connectivity index (χ2n) is 11.6. The Bertz CT molecular complexity index is 1170. The van der Waals surface area contributed by atoms with Gasteiger partial charge in [-0.1, -0.05) is 62.8 Å². The number of carbonyl (C=O) groups excluding carboxylic acids is 3. The van der Waals surface area contributed by atoms with Crippen molar-refractivity contribution in [2.45, 2.75) is 68.7 Å². The summed E-state index contributed by atoms with van der Waals surface area (Å²) < 4.78 is -1.56. The van der Waals surface area contributed by atoms with Gasteiger partial charge < -0.3 is 19.8 Å². The van der Waals surface area contributed by atoms with Crippen LogP contribution in [-0.4, -0.2) is 79.9 Å². The van der Waals surface area contributed by atoms with Crippen molar-refractivity contribution in [1.82, 2.24) is 9.80 Å². The van der Waals surface area contributed by atoms with E-state index in [1.54, 1.807) is 21.6 Å². The Morgan fingerprint density at radius 2 is 1.66 bits per heavy atom. The number of thioether (sulfide) groups is 1. The number of hydrogen-bond donors (Lipinski definition) is 1. The number of fused-ring (bicyclic) bond motifs is 2. The Balaban J connectivity index is 1.68. The molecule has 2 fully saturated rings. The molecule has 38 heavy (non-hydrogen) atoms. The van der Waals surface area contributed by atoms with Crippen LogP contribution in [0, 0.1) is 17.8 Å². The summed E-state index contributed by atoms with van der Waals surface area (Å²) in [6.45, 7) is 10.7. The van der Waals surface area contributed by atoms with Gasteiger partial charge in [-0.2, -0.15) is 0 Å². The molecule has 2 saturated heterocycles. The number of aliphatic hydroxyl groups is 1. The molecule has 1 aromatic carbocycles. The fourth-order valence-corrected chi connectivity index (χ4v) is 9.10. The molecule has 3 amide bonds. The number of benzene rings is 1. The molecule has 7 nitrogen and oxygen atoms in total. The minimum absolute atomic E-state index is 0.00529. The molecule has 7 atom stereocenters. The topological polar surface area (TPSA) is 81.2 Å². The highest BCUT2D eigenvalue weighted by molar-refractivity contribution is 8.02. The predicted molar refractivity (Wildman–Crippen MR) is 151 cm³/mol. The number of anilines is 1. The number of para-hydroxylation sites is 1. The van der Waals surface area contributed by atoms with Gasteiger partial charge in [0.15, 0.2) is 0 Å². The number of aliphatic hydroxyl groups excluding tert-OH is 1. The maximum Gasteiger partial charge on any atom is 0.247 e. The van der Waals surface area contributed by atoms with Gasteiger partial charge in [0.25, 0.3) is 0 Å². The van der Waals surface area contributed by atoms with E-state index in [-0.39, 0.29) is 36.3 Å². The van der Waals surface area contributed by atoms with Gasteiger partial charge >= 0.3 is 0 Å².